The molecule has 2 aromatic carbocycles. The van der Waals surface area contributed by atoms with Gasteiger partial charge in [0.15, 0.2) is 0 Å². The van der Waals surface area contributed by atoms with Gasteiger partial charge in [-0.2, -0.15) is 4.40 Å². The van der Waals surface area contributed by atoms with Crippen LogP contribution in [-0.2, 0) is 6.54 Å². The Hall–Kier alpha value is -2.81. The molecular weight excluding hydrogens is 270 g/mol. The van der Waals surface area contributed by atoms with E-state index in [4.69, 9.17) is 0 Å². The lowest BCUT2D eigenvalue weighted by Crippen LogP contribution is -2.32. The van der Waals surface area contributed by atoms with Crippen LogP contribution in [0.2, 0.25) is 0 Å². The average Bonchev–Trinajstić information content (AvgIpc) is 3.08. The van der Waals surface area contributed by atoms with Crippen molar-refractivity contribution in [3.63, 3.8) is 0 Å². The van der Waals surface area contributed by atoms with Crippen molar-refractivity contribution in [2.45, 2.75) is 13.5 Å². The third-order valence-corrected chi connectivity index (χ3v) is 4.09. The van der Waals surface area contributed by atoms with Gasteiger partial charge >= 0.3 is 5.78 Å². The molecule has 22 heavy (non-hydrogen) atoms. The molecule has 0 atom stereocenters. The minimum Gasteiger partial charge on any atom is -0.241 e. The normalized spacial score (nSPS) is 11.3. The number of H-pyrrole nitrogens is 1. The first kappa shape index (κ1) is 12.9. The molecule has 0 radical (unpaired) electrons. The van der Waals surface area contributed by atoms with E-state index in [0.29, 0.717) is 0 Å². The Morgan fingerprint density at radius 2 is 1.91 bits per heavy atom. The second kappa shape index (κ2) is 4.88. The summed E-state index contributed by atoms with van der Waals surface area (Å²) in [5, 5.41) is 0. The highest BCUT2D eigenvalue weighted by Crippen LogP contribution is 2.22. The number of imidazole rings is 2. The quantitative estimate of drug-likeness (QED) is 0.437. The van der Waals surface area contributed by atoms with Crippen LogP contribution in [0.15, 0.2) is 67.4 Å². The number of allylic oxidation sites excluding steroid dienone is 1. The van der Waals surface area contributed by atoms with Crippen molar-refractivity contribution in [3.05, 3.63) is 72.9 Å². The number of aromatic nitrogens is 3. The van der Waals surface area contributed by atoms with Crippen LogP contribution in [0.4, 0.5) is 0 Å². The van der Waals surface area contributed by atoms with E-state index in [1.54, 1.807) is 0 Å². The number of fused-ring (bicyclic) bond motifs is 3. The lowest BCUT2D eigenvalue weighted by Gasteiger charge is -1.96. The molecule has 0 unspecified atom stereocenters. The first-order valence-electron chi connectivity index (χ1n) is 7.47. The predicted octanol–water partition coefficient (Wildman–Crippen LogP) is 3.87. The number of nitrogens with one attached hydrogen (secondary N) is 1. The third-order valence-electron chi connectivity index (χ3n) is 4.09. The Morgan fingerprint density at radius 1 is 1.14 bits per heavy atom. The number of benzene rings is 2. The van der Waals surface area contributed by atoms with Crippen LogP contribution in [0, 0.1) is 6.92 Å². The van der Waals surface area contributed by atoms with E-state index in [2.05, 4.69) is 82.2 Å². The van der Waals surface area contributed by atoms with Crippen LogP contribution in [0.5, 0.6) is 0 Å². The molecule has 0 bridgehead atoms. The molecule has 2 aromatic heterocycles. The van der Waals surface area contributed by atoms with Gasteiger partial charge in [-0.15, -0.1) is 0 Å². The zero-order valence-electron chi connectivity index (χ0n) is 12.6. The Kier molecular flexibility index (Phi) is 2.86. The van der Waals surface area contributed by atoms with E-state index >= 15 is 0 Å². The molecular formula is C19H18N3+. The fourth-order valence-electron chi connectivity index (χ4n) is 2.99. The number of rotatable bonds is 3. The van der Waals surface area contributed by atoms with Crippen molar-refractivity contribution in [2.75, 3.05) is 0 Å². The van der Waals surface area contributed by atoms with Gasteiger partial charge in [0, 0.05) is 5.56 Å². The standard InChI is InChI=1S/C19H17N3/c1-3-12-21-17-6-4-5-7-18(17)22-13-16(20-19(21)22)15-10-8-14(2)9-11-15/h3-11,13H,1,12H2,2H3/p+1. The van der Waals surface area contributed by atoms with Gasteiger partial charge in [0.05, 0.1) is 6.54 Å². The molecule has 3 heteroatoms. The van der Waals surface area contributed by atoms with E-state index < -0.39 is 0 Å². The van der Waals surface area contributed by atoms with Crippen LogP contribution in [0.1, 0.15) is 5.56 Å². The molecule has 0 aliphatic carbocycles. The zero-order valence-corrected chi connectivity index (χ0v) is 12.6. The molecule has 0 aliphatic heterocycles. The maximum atomic E-state index is 3.88. The number of nitrogens with zero attached hydrogens (tertiary/aromatic N) is 2. The topological polar surface area (TPSA) is 24.1 Å². The molecule has 0 saturated carbocycles. The van der Waals surface area contributed by atoms with Crippen molar-refractivity contribution < 1.29 is 4.57 Å². The van der Waals surface area contributed by atoms with Crippen molar-refractivity contribution in [2.24, 2.45) is 0 Å². The summed E-state index contributed by atoms with van der Waals surface area (Å²) in [5.74, 6) is 1.08. The van der Waals surface area contributed by atoms with Gasteiger partial charge in [-0.25, -0.2) is 9.55 Å². The maximum Gasteiger partial charge on any atom is 0.368 e. The summed E-state index contributed by atoms with van der Waals surface area (Å²) < 4.78 is 4.47. The van der Waals surface area contributed by atoms with E-state index in [0.717, 1.165) is 18.0 Å². The molecule has 4 aromatic rings. The zero-order chi connectivity index (χ0) is 15.1. The molecule has 0 fully saturated rings. The van der Waals surface area contributed by atoms with E-state index in [-0.39, 0.29) is 0 Å². The van der Waals surface area contributed by atoms with Crippen LogP contribution in [0.3, 0.4) is 0 Å². The van der Waals surface area contributed by atoms with Crippen LogP contribution in [-0.4, -0.2) is 9.38 Å². The van der Waals surface area contributed by atoms with Crippen LogP contribution >= 0.6 is 0 Å². The monoisotopic (exact) mass is 288 g/mol. The second-order valence-corrected chi connectivity index (χ2v) is 5.62. The average molecular weight is 288 g/mol. The summed E-state index contributed by atoms with van der Waals surface area (Å²) in [6.07, 6.45) is 4.10. The van der Waals surface area contributed by atoms with Gasteiger partial charge in [-0.05, 0) is 19.1 Å². The first-order valence-corrected chi connectivity index (χ1v) is 7.47. The number of aromatic amines is 1. The largest absolute Gasteiger partial charge is 0.368 e. The summed E-state index contributed by atoms with van der Waals surface area (Å²) in [6.45, 7) is 6.77. The SMILES string of the molecule is C=CC[n+]1c2ccccc2n2cc(-c3ccc(C)cc3)[nH]c21. The Bertz CT molecular complexity index is 971. The minimum atomic E-state index is 0.783. The van der Waals surface area contributed by atoms with E-state index in [1.165, 1.54) is 22.2 Å². The lowest BCUT2D eigenvalue weighted by molar-refractivity contribution is -0.636. The van der Waals surface area contributed by atoms with E-state index in [1.807, 2.05) is 6.08 Å². The summed E-state index contributed by atoms with van der Waals surface area (Å²) in [7, 11) is 0. The number of para-hydroxylation sites is 2. The molecule has 1 N–H and O–H groups in total. The molecule has 108 valence electrons. The number of hydrogen-bond donors (Lipinski definition) is 1. The Morgan fingerprint density at radius 3 is 2.68 bits per heavy atom. The van der Waals surface area contributed by atoms with Gasteiger partial charge in [0.2, 0.25) is 0 Å². The summed E-state index contributed by atoms with van der Waals surface area (Å²) in [6, 6.07) is 17.0. The van der Waals surface area contributed by atoms with Crippen LogP contribution in [0.25, 0.3) is 28.1 Å². The highest BCUT2D eigenvalue weighted by molar-refractivity contribution is 5.76. The van der Waals surface area contributed by atoms with Crippen molar-refractivity contribution in [1.29, 1.82) is 0 Å². The van der Waals surface area contributed by atoms with Crippen molar-refractivity contribution in [3.8, 4) is 11.3 Å². The third kappa shape index (κ3) is 1.86. The second-order valence-electron chi connectivity index (χ2n) is 5.62. The maximum absolute atomic E-state index is 3.88. The fourth-order valence-corrected chi connectivity index (χ4v) is 2.99. The van der Waals surface area contributed by atoms with Gasteiger partial charge < -0.3 is 0 Å². The Labute approximate surface area is 129 Å². The van der Waals surface area contributed by atoms with Crippen molar-refractivity contribution in [1.82, 2.24) is 9.38 Å². The summed E-state index contributed by atoms with van der Waals surface area (Å²) in [4.78, 5) is 3.55. The number of aryl methyl sites for hydroxylation is 1. The molecule has 0 spiro atoms. The molecule has 4 rings (SSSR count). The number of hydrogen-bond acceptors (Lipinski definition) is 0. The van der Waals surface area contributed by atoms with Gasteiger partial charge in [0.1, 0.15) is 22.9 Å². The smallest absolute Gasteiger partial charge is 0.241 e. The highest BCUT2D eigenvalue weighted by Gasteiger charge is 2.20. The summed E-state index contributed by atoms with van der Waals surface area (Å²) in [5.41, 5.74) is 6.01. The molecule has 0 amide bonds. The molecule has 3 nitrogen and oxygen atoms in total. The predicted molar refractivity (Wildman–Crippen MR) is 89.8 cm³/mol. The van der Waals surface area contributed by atoms with Crippen LogP contribution < -0.4 is 4.57 Å². The minimum absolute atomic E-state index is 0.783. The lowest BCUT2D eigenvalue weighted by atomic mass is 10.1. The first-order chi connectivity index (χ1) is 10.8. The van der Waals surface area contributed by atoms with E-state index in [9.17, 15) is 0 Å². The van der Waals surface area contributed by atoms with Crippen molar-refractivity contribution >= 4 is 16.8 Å². The Balaban J connectivity index is 1.99. The summed E-state index contributed by atoms with van der Waals surface area (Å²) >= 11 is 0. The van der Waals surface area contributed by atoms with Gasteiger partial charge in [-0.1, -0.05) is 54.6 Å². The molecule has 2 heterocycles. The fraction of sp³-hybridized carbons (Fsp3) is 0.105. The van der Waals surface area contributed by atoms with Gasteiger partial charge in [-0.3, -0.25) is 0 Å². The van der Waals surface area contributed by atoms with Gasteiger partial charge in [0.25, 0.3) is 0 Å². The molecule has 0 saturated heterocycles. The molecule has 0 aliphatic rings. The highest BCUT2D eigenvalue weighted by atomic mass is 15.2.